The fraction of sp³-hybridized carbons (Fsp3) is 0.556. The van der Waals surface area contributed by atoms with Gasteiger partial charge in [-0.25, -0.2) is 22.9 Å². The Morgan fingerprint density at radius 2 is 1.72 bits per heavy atom. The van der Waals surface area contributed by atoms with E-state index in [1.165, 1.54) is 4.90 Å². The van der Waals surface area contributed by atoms with Crippen LogP contribution in [0.5, 0.6) is 0 Å². The molecule has 0 aliphatic carbocycles. The van der Waals surface area contributed by atoms with Crippen molar-refractivity contribution in [3.05, 3.63) is 52.4 Å². The highest BCUT2D eigenvalue weighted by atomic mass is 19.4. The van der Waals surface area contributed by atoms with Gasteiger partial charge >= 0.3 is 12.3 Å². The first-order valence-electron chi connectivity index (χ1n) is 13.5. The molecule has 2 atom stereocenters. The maximum Gasteiger partial charge on any atom is 0.449 e. The van der Waals surface area contributed by atoms with E-state index in [9.17, 15) is 45.8 Å². The quantitative estimate of drug-likeness (QED) is 0.379. The highest BCUT2D eigenvalue weighted by molar-refractivity contribution is 5.94. The number of carbonyl (C=O) groups is 3. The van der Waals surface area contributed by atoms with Gasteiger partial charge in [0.2, 0.25) is 11.7 Å². The zero-order valence-corrected chi connectivity index (χ0v) is 23.6. The number of aliphatic hydroxyl groups excluding tert-OH is 1. The fourth-order valence-electron chi connectivity index (χ4n) is 5.02. The summed E-state index contributed by atoms with van der Waals surface area (Å²) in [4.78, 5) is 44.9. The smallest absolute Gasteiger partial charge is 0.444 e. The highest BCUT2D eigenvalue weighted by Gasteiger charge is 2.43. The molecule has 3 amide bonds. The standard InChI is InChI=1S/C27H31F6N5O5/c1-26(2,3)43-25(42)34-15(8-14-9-18(29)19(30)11-17(14)28)10-21(40)36-6-7-38-20(13-36)22(35-24(38)27(31,32)33)23(41)37-5-4-16(39)12-37/h9,11,15-16,39H,4-8,10,12-13H2,1-3H3,(H,34,42). The second-order valence-electron chi connectivity index (χ2n) is 11.5. The van der Waals surface area contributed by atoms with Crippen LogP contribution in [0.3, 0.4) is 0 Å². The summed E-state index contributed by atoms with van der Waals surface area (Å²) >= 11 is 0. The number of fused-ring (bicyclic) bond motifs is 1. The van der Waals surface area contributed by atoms with Crippen LogP contribution in [-0.4, -0.2) is 79.7 Å². The molecule has 0 bridgehead atoms. The number of imidazole rings is 1. The van der Waals surface area contributed by atoms with E-state index in [4.69, 9.17) is 4.74 Å². The number of halogens is 6. The minimum absolute atomic E-state index is 0.0757. The third-order valence-corrected chi connectivity index (χ3v) is 6.96. The van der Waals surface area contributed by atoms with E-state index in [2.05, 4.69) is 10.3 Å². The second-order valence-corrected chi connectivity index (χ2v) is 11.5. The van der Waals surface area contributed by atoms with Crippen molar-refractivity contribution in [1.29, 1.82) is 0 Å². The predicted molar refractivity (Wildman–Crippen MR) is 137 cm³/mol. The van der Waals surface area contributed by atoms with Crippen LogP contribution in [0.25, 0.3) is 0 Å². The number of ether oxygens (including phenoxy) is 1. The molecule has 1 saturated heterocycles. The van der Waals surface area contributed by atoms with Gasteiger partial charge in [0.1, 0.15) is 11.4 Å². The van der Waals surface area contributed by atoms with Gasteiger partial charge in [0.05, 0.1) is 18.3 Å². The second kappa shape index (κ2) is 12.1. The molecule has 1 aromatic carbocycles. The Kier molecular flexibility index (Phi) is 9.00. The summed E-state index contributed by atoms with van der Waals surface area (Å²) in [5.41, 5.74) is -1.92. The number of carbonyl (C=O) groups excluding carboxylic acids is 3. The molecule has 236 valence electrons. The lowest BCUT2D eigenvalue weighted by atomic mass is 10.0. The highest BCUT2D eigenvalue weighted by Crippen LogP contribution is 2.33. The molecule has 2 aliphatic heterocycles. The Hall–Kier alpha value is -3.82. The van der Waals surface area contributed by atoms with E-state index in [0.29, 0.717) is 12.1 Å². The molecular weight excluding hydrogens is 588 g/mol. The van der Waals surface area contributed by atoms with Crippen molar-refractivity contribution in [2.45, 2.75) is 77.0 Å². The summed E-state index contributed by atoms with van der Waals surface area (Å²) in [6.07, 6.45) is -7.39. The number of rotatable bonds is 6. The van der Waals surface area contributed by atoms with Crippen molar-refractivity contribution in [3.63, 3.8) is 0 Å². The Morgan fingerprint density at radius 1 is 1.05 bits per heavy atom. The fourth-order valence-corrected chi connectivity index (χ4v) is 5.02. The molecule has 0 spiro atoms. The van der Waals surface area contributed by atoms with Gasteiger partial charge in [-0.3, -0.25) is 9.59 Å². The zero-order valence-electron chi connectivity index (χ0n) is 23.6. The average molecular weight is 620 g/mol. The van der Waals surface area contributed by atoms with Gasteiger partial charge in [-0.05, 0) is 45.2 Å². The number of benzene rings is 1. The van der Waals surface area contributed by atoms with Gasteiger partial charge in [0.25, 0.3) is 5.91 Å². The first-order chi connectivity index (χ1) is 19.9. The number of nitrogens with one attached hydrogen (secondary N) is 1. The molecule has 43 heavy (non-hydrogen) atoms. The molecule has 1 aromatic heterocycles. The molecular formula is C27H31F6N5O5. The van der Waals surface area contributed by atoms with Crippen molar-refractivity contribution in [1.82, 2.24) is 24.7 Å². The molecule has 2 N–H and O–H groups in total. The lowest BCUT2D eigenvalue weighted by molar-refractivity contribution is -0.148. The van der Waals surface area contributed by atoms with Crippen molar-refractivity contribution in [3.8, 4) is 0 Å². The summed E-state index contributed by atoms with van der Waals surface area (Å²) < 4.78 is 89.1. The van der Waals surface area contributed by atoms with Gasteiger partial charge in [-0.1, -0.05) is 0 Å². The molecule has 4 rings (SSSR count). The summed E-state index contributed by atoms with van der Waals surface area (Å²) in [6, 6.07) is -0.255. The van der Waals surface area contributed by atoms with Gasteiger partial charge < -0.3 is 29.5 Å². The number of aliphatic hydroxyl groups is 1. The molecule has 3 heterocycles. The van der Waals surface area contributed by atoms with Crippen molar-refractivity contribution in [2.75, 3.05) is 19.6 Å². The maximum atomic E-state index is 14.4. The Morgan fingerprint density at radius 3 is 2.33 bits per heavy atom. The van der Waals surface area contributed by atoms with E-state index in [1.54, 1.807) is 20.8 Å². The van der Waals surface area contributed by atoms with E-state index in [1.807, 2.05) is 0 Å². The minimum atomic E-state index is -4.89. The number of amides is 3. The Balaban J connectivity index is 1.58. The van der Waals surface area contributed by atoms with Crippen molar-refractivity contribution in [2.24, 2.45) is 0 Å². The average Bonchev–Trinajstić information content (AvgIpc) is 3.49. The molecule has 2 aromatic rings. The SMILES string of the molecule is CC(C)(C)OC(=O)NC(CC(=O)N1CCn2c(C(F)(F)F)nc(C(=O)N3CCC(O)C3)c2C1)Cc1cc(F)c(F)cc1F. The predicted octanol–water partition coefficient (Wildman–Crippen LogP) is 3.39. The van der Waals surface area contributed by atoms with Crippen LogP contribution in [0.4, 0.5) is 31.1 Å². The maximum absolute atomic E-state index is 14.4. The lowest BCUT2D eigenvalue weighted by Crippen LogP contribution is -2.46. The van der Waals surface area contributed by atoms with Crippen molar-refractivity contribution < 1.29 is 50.6 Å². The molecule has 16 heteroatoms. The van der Waals surface area contributed by atoms with E-state index < -0.39 is 90.2 Å². The first kappa shape index (κ1) is 32.1. The first-order valence-corrected chi connectivity index (χ1v) is 13.5. The van der Waals surface area contributed by atoms with Gasteiger partial charge in [0.15, 0.2) is 17.3 Å². The van der Waals surface area contributed by atoms with Crippen LogP contribution in [0.2, 0.25) is 0 Å². The number of nitrogens with zero attached hydrogens (tertiary/aromatic N) is 4. The monoisotopic (exact) mass is 619 g/mol. The molecule has 0 radical (unpaired) electrons. The topological polar surface area (TPSA) is 117 Å². The van der Waals surface area contributed by atoms with E-state index >= 15 is 0 Å². The van der Waals surface area contributed by atoms with E-state index in [0.717, 1.165) is 9.47 Å². The normalized spacial score (nSPS) is 18.0. The minimum Gasteiger partial charge on any atom is -0.444 e. The van der Waals surface area contributed by atoms with Crippen LogP contribution < -0.4 is 5.32 Å². The van der Waals surface area contributed by atoms with Crippen molar-refractivity contribution >= 4 is 17.9 Å². The zero-order chi connectivity index (χ0) is 31.9. The van der Waals surface area contributed by atoms with Gasteiger partial charge in [-0.15, -0.1) is 0 Å². The molecule has 2 unspecified atom stereocenters. The Bertz CT molecular complexity index is 1410. The summed E-state index contributed by atoms with van der Waals surface area (Å²) in [5.74, 6) is -6.67. The number of β-amino-alcohol motifs (C(OH)–C–C–N with tert-alkyl or cyclic N) is 1. The summed E-state index contributed by atoms with van der Waals surface area (Å²) in [7, 11) is 0. The summed E-state index contributed by atoms with van der Waals surface area (Å²) in [6.45, 7) is 3.79. The van der Waals surface area contributed by atoms with Crippen LogP contribution in [0.15, 0.2) is 12.1 Å². The molecule has 0 saturated carbocycles. The number of likely N-dealkylation sites (tertiary alicyclic amines) is 1. The summed E-state index contributed by atoms with van der Waals surface area (Å²) in [5, 5.41) is 12.2. The lowest BCUT2D eigenvalue weighted by Gasteiger charge is -2.31. The molecule has 2 aliphatic rings. The van der Waals surface area contributed by atoms with Crippen LogP contribution in [0.1, 0.15) is 61.2 Å². The third kappa shape index (κ3) is 7.58. The number of alkyl halides is 3. The van der Waals surface area contributed by atoms with E-state index in [-0.39, 0.29) is 43.9 Å². The van der Waals surface area contributed by atoms with Gasteiger partial charge in [0, 0.05) is 44.7 Å². The van der Waals surface area contributed by atoms with Crippen LogP contribution in [-0.2, 0) is 35.2 Å². The van der Waals surface area contributed by atoms with Crippen LogP contribution in [0, 0.1) is 17.5 Å². The number of alkyl carbamates (subject to hydrolysis) is 1. The Labute approximate surface area is 242 Å². The number of aromatic nitrogens is 2. The largest absolute Gasteiger partial charge is 0.449 e. The molecule has 10 nitrogen and oxygen atoms in total. The van der Waals surface area contributed by atoms with Gasteiger partial charge in [-0.2, -0.15) is 13.2 Å². The third-order valence-electron chi connectivity index (χ3n) is 6.96. The molecule has 1 fully saturated rings. The number of hydrogen-bond donors (Lipinski definition) is 2. The van der Waals surface area contributed by atoms with Crippen LogP contribution >= 0.6 is 0 Å². The number of hydrogen-bond acceptors (Lipinski definition) is 6.